The van der Waals surface area contributed by atoms with Crippen molar-refractivity contribution in [3.8, 4) is 0 Å². The van der Waals surface area contributed by atoms with Crippen LogP contribution >= 0.6 is 0 Å². The van der Waals surface area contributed by atoms with Crippen molar-refractivity contribution in [1.82, 2.24) is 0 Å². The highest BCUT2D eigenvalue weighted by atomic mass is 19.3. The molecule has 0 aromatic rings. The second-order valence-corrected chi connectivity index (χ2v) is 7.71. The monoisotopic (exact) mass is 340 g/mol. The van der Waals surface area contributed by atoms with Gasteiger partial charge in [-0.25, -0.2) is 0 Å². The van der Waals surface area contributed by atoms with Gasteiger partial charge in [0.25, 0.3) is 6.08 Å². The fourth-order valence-electron chi connectivity index (χ4n) is 4.04. The van der Waals surface area contributed by atoms with Gasteiger partial charge in [0.05, 0.1) is 12.7 Å². The van der Waals surface area contributed by atoms with E-state index in [2.05, 4.69) is 19.1 Å². The Balaban J connectivity index is 1.60. The molecule has 3 heteroatoms. The third kappa shape index (κ3) is 7.46. The Morgan fingerprint density at radius 3 is 2.33 bits per heavy atom. The lowest BCUT2D eigenvalue weighted by atomic mass is 9.80. The zero-order valence-electron chi connectivity index (χ0n) is 15.2. The van der Waals surface area contributed by atoms with Crippen LogP contribution in [0.25, 0.3) is 0 Å². The molecule has 24 heavy (non-hydrogen) atoms. The molecule has 0 spiro atoms. The number of unbranched alkanes of at least 4 members (excludes halogenated alkanes) is 2. The third-order valence-electron chi connectivity index (χ3n) is 5.72. The zero-order chi connectivity index (χ0) is 17.2. The molecule has 1 saturated carbocycles. The van der Waals surface area contributed by atoms with Crippen LogP contribution in [0, 0.1) is 17.8 Å². The van der Waals surface area contributed by atoms with Crippen LogP contribution in [0.1, 0.15) is 77.6 Å². The van der Waals surface area contributed by atoms with Crippen molar-refractivity contribution < 1.29 is 13.5 Å². The number of ether oxygens (including phenoxy) is 1. The van der Waals surface area contributed by atoms with Gasteiger partial charge in [0, 0.05) is 0 Å². The van der Waals surface area contributed by atoms with E-state index in [0.29, 0.717) is 24.4 Å². The predicted octanol–water partition coefficient (Wildman–Crippen LogP) is 6.90. The van der Waals surface area contributed by atoms with Crippen molar-refractivity contribution >= 4 is 0 Å². The Morgan fingerprint density at radius 2 is 1.71 bits per heavy atom. The minimum Gasteiger partial charge on any atom is -0.374 e. The summed E-state index contributed by atoms with van der Waals surface area (Å²) in [7, 11) is 0. The van der Waals surface area contributed by atoms with E-state index in [1.165, 1.54) is 32.1 Å². The van der Waals surface area contributed by atoms with E-state index >= 15 is 0 Å². The second-order valence-electron chi connectivity index (χ2n) is 7.71. The average Bonchev–Trinajstić information content (AvgIpc) is 2.60. The maximum atomic E-state index is 12.1. The lowest BCUT2D eigenvalue weighted by Crippen LogP contribution is -2.24. The van der Waals surface area contributed by atoms with Gasteiger partial charge in [-0.05, 0) is 75.2 Å². The maximum absolute atomic E-state index is 12.1. The topological polar surface area (TPSA) is 9.23 Å². The first-order chi connectivity index (χ1) is 11.7. The van der Waals surface area contributed by atoms with Gasteiger partial charge in [-0.2, -0.15) is 8.78 Å². The summed E-state index contributed by atoms with van der Waals surface area (Å²) in [6.45, 7) is 3.17. The van der Waals surface area contributed by atoms with Crippen LogP contribution < -0.4 is 0 Å². The molecule has 1 aliphatic carbocycles. The molecule has 138 valence electrons. The molecular formula is C21H34F2O. The molecule has 0 aromatic heterocycles. The molecule has 1 heterocycles. The van der Waals surface area contributed by atoms with Crippen LogP contribution in [0.4, 0.5) is 8.78 Å². The SMILES string of the molecule is CCCCCC1CCC(C=CC2CCC(CC=C(F)F)CC2)OC1. The molecule has 1 saturated heterocycles. The first-order valence-corrected chi connectivity index (χ1v) is 9.98. The quantitative estimate of drug-likeness (QED) is 0.345. The summed E-state index contributed by atoms with van der Waals surface area (Å²) in [6, 6.07) is 0. The predicted molar refractivity (Wildman–Crippen MR) is 96.1 cm³/mol. The molecule has 0 radical (unpaired) electrons. The Bertz CT molecular complexity index is 385. The van der Waals surface area contributed by atoms with E-state index in [4.69, 9.17) is 4.74 Å². The molecule has 0 aromatic carbocycles. The van der Waals surface area contributed by atoms with E-state index in [1.807, 2.05) is 0 Å². The third-order valence-corrected chi connectivity index (χ3v) is 5.72. The van der Waals surface area contributed by atoms with Gasteiger partial charge < -0.3 is 4.74 Å². The van der Waals surface area contributed by atoms with Crippen LogP contribution in [0.3, 0.4) is 0 Å². The van der Waals surface area contributed by atoms with Crippen LogP contribution in [0.5, 0.6) is 0 Å². The maximum Gasteiger partial charge on any atom is 0.266 e. The van der Waals surface area contributed by atoms with Crippen LogP contribution in [-0.4, -0.2) is 12.7 Å². The number of rotatable bonds is 8. The molecule has 1 aliphatic heterocycles. The van der Waals surface area contributed by atoms with E-state index in [1.54, 1.807) is 0 Å². The molecule has 2 aliphatic rings. The number of halogens is 2. The fraction of sp³-hybridized carbons (Fsp3) is 0.810. The Labute approximate surface area is 146 Å². The van der Waals surface area contributed by atoms with Crippen LogP contribution in [-0.2, 0) is 4.74 Å². The second kappa shape index (κ2) is 11.0. The summed E-state index contributed by atoms with van der Waals surface area (Å²) in [4.78, 5) is 0. The average molecular weight is 340 g/mol. The highest BCUT2D eigenvalue weighted by Crippen LogP contribution is 2.33. The minimum absolute atomic E-state index is 0.300. The summed E-state index contributed by atoms with van der Waals surface area (Å²) in [5.41, 5.74) is 0. The summed E-state index contributed by atoms with van der Waals surface area (Å²) in [6.07, 6.45) is 17.2. The van der Waals surface area contributed by atoms with Gasteiger partial charge in [0.1, 0.15) is 0 Å². The highest BCUT2D eigenvalue weighted by Gasteiger charge is 2.22. The molecule has 1 nitrogen and oxygen atoms in total. The van der Waals surface area contributed by atoms with Crippen molar-refractivity contribution in [2.45, 2.75) is 83.7 Å². The summed E-state index contributed by atoms with van der Waals surface area (Å²) >= 11 is 0. The molecule has 2 fully saturated rings. The molecule has 0 amide bonds. The molecule has 0 bridgehead atoms. The van der Waals surface area contributed by atoms with Gasteiger partial charge in [-0.3, -0.25) is 0 Å². The number of hydrogen-bond acceptors (Lipinski definition) is 1. The normalized spacial score (nSPS) is 31.3. The Hall–Kier alpha value is -0.700. The largest absolute Gasteiger partial charge is 0.374 e. The standard InChI is InChI=1S/C21H34F2O/c1-2-3-4-5-19-11-14-20(24-16-19)13-10-17-6-8-18(9-7-17)12-15-21(22)23/h10,13,15,17-20H,2-9,11-12,14,16H2,1H3. The van der Waals surface area contributed by atoms with Gasteiger partial charge in [-0.1, -0.05) is 38.3 Å². The van der Waals surface area contributed by atoms with Crippen molar-refractivity contribution in [2.24, 2.45) is 17.8 Å². The zero-order valence-corrected chi connectivity index (χ0v) is 15.2. The van der Waals surface area contributed by atoms with E-state index < -0.39 is 6.08 Å². The lowest BCUT2D eigenvalue weighted by molar-refractivity contribution is 0.00754. The van der Waals surface area contributed by atoms with Crippen molar-refractivity contribution in [3.63, 3.8) is 0 Å². The van der Waals surface area contributed by atoms with E-state index in [-0.39, 0.29) is 0 Å². The lowest BCUT2D eigenvalue weighted by Gasteiger charge is -2.29. The van der Waals surface area contributed by atoms with Crippen molar-refractivity contribution in [2.75, 3.05) is 6.61 Å². The van der Waals surface area contributed by atoms with Crippen LogP contribution in [0.2, 0.25) is 0 Å². The van der Waals surface area contributed by atoms with E-state index in [9.17, 15) is 8.78 Å². The highest BCUT2D eigenvalue weighted by molar-refractivity contribution is 4.97. The van der Waals surface area contributed by atoms with Gasteiger partial charge in [0.15, 0.2) is 0 Å². The van der Waals surface area contributed by atoms with Crippen molar-refractivity contribution in [1.29, 1.82) is 0 Å². The number of hydrogen-bond donors (Lipinski definition) is 0. The first kappa shape index (κ1) is 19.6. The van der Waals surface area contributed by atoms with Gasteiger partial charge in [-0.15, -0.1) is 0 Å². The summed E-state index contributed by atoms with van der Waals surface area (Å²) in [5.74, 6) is 1.83. The molecule has 2 atom stereocenters. The smallest absolute Gasteiger partial charge is 0.266 e. The van der Waals surface area contributed by atoms with Crippen molar-refractivity contribution in [3.05, 3.63) is 24.3 Å². The first-order valence-electron chi connectivity index (χ1n) is 9.98. The Morgan fingerprint density at radius 1 is 0.958 bits per heavy atom. The van der Waals surface area contributed by atoms with Crippen LogP contribution in [0.15, 0.2) is 24.3 Å². The van der Waals surface area contributed by atoms with Gasteiger partial charge >= 0.3 is 0 Å². The minimum atomic E-state index is -1.53. The molecule has 2 rings (SSSR count). The summed E-state index contributed by atoms with van der Waals surface area (Å²) in [5, 5.41) is 0. The number of allylic oxidation sites excluding steroid dienone is 2. The summed E-state index contributed by atoms with van der Waals surface area (Å²) < 4.78 is 30.3. The molecule has 0 N–H and O–H groups in total. The Kier molecular flexibility index (Phi) is 9.01. The van der Waals surface area contributed by atoms with E-state index in [0.717, 1.165) is 50.7 Å². The fourth-order valence-corrected chi connectivity index (χ4v) is 4.04. The molecular weight excluding hydrogens is 306 g/mol. The molecule has 2 unspecified atom stereocenters. The van der Waals surface area contributed by atoms with Gasteiger partial charge in [0.2, 0.25) is 0 Å².